The molecule has 0 saturated carbocycles. The van der Waals surface area contributed by atoms with Crippen molar-refractivity contribution >= 4 is 40.8 Å². The number of halogens is 3. The first-order valence-electron chi connectivity index (χ1n) is 6.38. The minimum atomic E-state index is -0.679. The molecule has 0 bridgehead atoms. The van der Waals surface area contributed by atoms with Crippen LogP contribution in [0.2, 0.25) is 10.0 Å². The van der Waals surface area contributed by atoms with Gasteiger partial charge in [0.25, 0.3) is 0 Å². The molecule has 0 aliphatic carbocycles. The molecule has 5 nitrogen and oxygen atoms in total. The molecule has 1 aromatic carbocycles. The molecule has 1 heterocycles. The van der Waals surface area contributed by atoms with Crippen molar-refractivity contribution in [3.05, 3.63) is 28.0 Å². The van der Waals surface area contributed by atoms with Crippen LogP contribution in [0, 0.1) is 11.7 Å². The lowest BCUT2D eigenvalue weighted by Crippen LogP contribution is -2.45. The summed E-state index contributed by atoms with van der Waals surface area (Å²) in [6, 6.07) is 1.77. The highest BCUT2D eigenvalue weighted by molar-refractivity contribution is 6.42. The molecule has 21 heavy (non-hydrogen) atoms. The van der Waals surface area contributed by atoms with Gasteiger partial charge in [-0.1, -0.05) is 23.2 Å². The van der Waals surface area contributed by atoms with Gasteiger partial charge in [-0.2, -0.15) is 0 Å². The van der Waals surface area contributed by atoms with E-state index in [0.717, 1.165) is 6.07 Å². The van der Waals surface area contributed by atoms with E-state index in [-0.39, 0.29) is 28.2 Å². The van der Waals surface area contributed by atoms with Crippen LogP contribution >= 0.6 is 23.2 Å². The number of nitrogens with two attached hydrogens (primary N) is 1. The number of urea groups is 1. The van der Waals surface area contributed by atoms with Crippen LogP contribution in [0.3, 0.4) is 0 Å². The van der Waals surface area contributed by atoms with E-state index < -0.39 is 17.8 Å². The molecule has 0 radical (unpaired) electrons. The van der Waals surface area contributed by atoms with Gasteiger partial charge in [0.1, 0.15) is 5.82 Å². The Labute approximate surface area is 131 Å². The van der Waals surface area contributed by atoms with Gasteiger partial charge in [0, 0.05) is 13.1 Å². The van der Waals surface area contributed by atoms with Crippen molar-refractivity contribution in [3.63, 3.8) is 0 Å². The number of benzene rings is 1. The van der Waals surface area contributed by atoms with Gasteiger partial charge in [-0.05, 0) is 25.0 Å². The van der Waals surface area contributed by atoms with Crippen LogP contribution in [0.1, 0.15) is 12.8 Å². The highest BCUT2D eigenvalue weighted by Gasteiger charge is 2.27. The summed E-state index contributed by atoms with van der Waals surface area (Å²) in [4.78, 5) is 24.7. The molecule has 0 aromatic heterocycles. The minimum Gasteiger partial charge on any atom is -0.369 e. The summed E-state index contributed by atoms with van der Waals surface area (Å²) in [5, 5.41) is 2.63. The van der Waals surface area contributed by atoms with Crippen molar-refractivity contribution in [3.8, 4) is 0 Å². The third-order valence-corrected chi connectivity index (χ3v) is 4.08. The number of hydrogen-bond acceptors (Lipinski definition) is 2. The largest absolute Gasteiger partial charge is 0.369 e. The molecule has 2 rings (SSSR count). The smallest absolute Gasteiger partial charge is 0.321 e. The number of piperidine rings is 1. The molecule has 1 aliphatic heterocycles. The standard InChI is InChI=1S/C13H14Cl2FN3O2/c14-8-4-10(16)11(5-9(8)15)18-13(21)19-3-1-2-7(6-19)12(17)20/h4-5,7H,1-3,6H2,(H2,17,20)(H,18,21)/t7-/m0/s1. The van der Waals surface area contributed by atoms with E-state index in [4.69, 9.17) is 28.9 Å². The van der Waals surface area contributed by atoms with Gasteiger partial charge in [0.2, 0.25) is 5.91 Å². The zero-order valence-electron chi connectivity index (χ0n) is 11.0. The fraction of sp³-hybridized carbons (Fsp3) is 0.385. The van der Waals surface area contributed by atoms with Gasteiger partial charge in [0.05, 0.1) is 21.7 Å². The van der Waals surface area contributed by atoms with Crippen molar-refractivity contribution in [1.29, 1.82) is 0 Å². The predicted octanol–water partition coefficient (Wildman–Crippen LogP) is 2.86. The number of carbonyl (C=O) groups excluding carboxylic acids is 2. The predicted molar refractivity (Wildman–Crippen MR) is 78.9 cm³/mol. The Balaban J connectivity index is 2.07. The number of rotatable bonds is 2. The highest BCUT2D eigenvalue weighted by atomic mass is 35.5. The Morgan fingerprint density at radius 2 is 2.00 bits per heavy atom. The molecular weight excluding hydrogens is 320 g/mol. The molecule has 1 atom stereocenters. The average Bonchev–Trinajstić information content (AvgIpc) is 2.44. The van der Waals surface area contributed by atoms with Crippen LogP contribution in [0.15, 0.2) is 12.1 Å². The molecule has 1 aliphatic rings. The maximum absolute atomic E-state index is 13.7. The van der Waals surface area contributed by atoms with Crippen LogP contribution in [-0.2, 0) is 4.79 Å². The second-order valence-corrected chi connectivity index (χ2v) is 5.68. The summed E-state index contributed by atoms with van der Waals surface area (Å²) in [6.45, 7) is 0.711. The summed E-state index contributed by atoms with van der Waals surface area (Å²) in [6.07, 6.45) is 1.32. The van der Waals surface area contributed by atoms with Gasteiger partial charge in [-0.3, -0.25) is 4.79 Å². The topological polar surface area (TPSA) is 75.4 Å². The summed E-state index contributed by atoms with van der Waals surface area (Å²) < 4.78 is 13.7. The lowest BCUT2D eigenvalue weighted by molar-refractivity contribution is -0.123. The number of primary amides is 1. The first-order valence-corrected chi connectivity index (χ1v) is 7.14. The van der Waals surface area contributed by atoms with E-state index in [1.807, 2.05) is 0 Å². The Morgan fingerprint density at radius 3 is 2.67 bits per heavy atom. The number of likely N-dealkylation sites (tertiary alicyclic amines) is 1. The lowest BCUT2D eigenvalue weighted by atomic mass is 9.98. The third kappa shape index (κ3) is 3.77. The van der Waals surface area contributed by atoms with Crippen molar-refractivity contribution in [2.45, 2.75) is 12.8 Å². The van der Waals surface area contributed by atoms with E-state index in [0.29, 0.717) is 19.4 Å². The number of carbonyl (C=O) groups is 2. The maximum Gasteiger partial charge on any atom is 0.321 e. The van der Waals surface area contributed by atoms with Crippen molar-refractivity contribution in [2.75, 3.05) is 18.4 Å². The van der Waals surface area contributed by atoms with E-state index in [1.54, 1.807) is 0 Å². The van der Waals surface area contributed by atoms with Gasteiger partial charge < -0.3 is 16.0 Å². The van der Waals surface area contributed by atoms with Gasteiger partial charge in [0.15, 0.2) is 0 Å². The maximum atomic E-state index is 13.7. The Bertz CT molecular complexity index is 583. The summed E-state index contributed by atoms with van der Waals surface area (Å²) >= 11 is 11.5. The van der Waals surface area contributed by atoms with E-state index in [1.165, 1.54) is 11.0 Å². The fourth-order valence-electron chi connectivity index (χ4n) is 2.21. The molecule has 3 N–H and O–H groups in total. The van der Waals surface area contributed by atoms with E-state index >= 15 is 0 Å². The molecular formula is C13H14Cl2FN3O2. The van der Waals surface area contributed by atoms with Crippen LogP contribution < -0.4 is 11.1 Å². The lowest BCUT2D eigenvalue weighted by Gasteiger charge is -2.31. The summed E-state index contributed by atoms with van der Waals surface area (Å²) in [5.41, 5.74) is 5.19. The molecule has 3 amide bonds. The van der Waals surface area contributed by atoms with E-state index in [9.17, 15) is 14.0 Å². The average molecular weight is 334 g/mol. The SMILES string of the molecule is NC(=O)[C@H]1CCCN(C(=O)Nc2cc(Cl)c(Cl)cc2F)C1. The zero-order valence-corrected chi connectivity index (χ0v) is 12.5. The van der Waals surface area contributed by atoms with Crippen molar-refractivity contribution in [1.82, 2.24) is 4.90 Å². The second-order valence-electron chi connectivity index (χ2n) is 4.86. The molecule has 1 fully saturated rings. The Morgan fingerprint density at radius 1 is 1.33 bits per heavy atom. The molecule has 0 unspecified atom stereocenters. The molecule has 8 heteroatoms. The monoisotopic (exact) mass is 333 g/mol. The number of anilines is 1. The summed E-state index contributed by atoms with van der Waals surface area (Å²) in [7, 11) is 0. The quantitative estimate of drug-likeness (QED) is 0.816. The number of nitrogens with zero attached hydrogens (tertiary/aromatic N) is 1. The van der Waals surface area contributed by atoms with Gasteiger partial charge in [-0.15, -0.1) is 0 Å². The first-order chi connectivity index (χ1) is 9.88. The Kier molecular flexibility index (Phi) is 4.90. The second kappa shape index (κ2) is 6.49. The van der Waals surface area contributed by atoms with Crippen LogP contribution in [0.5, 0.6) is 0 Å². The number of nitrogens with one attached hydrogen (secondary N) is 1. The molecule has 114 valence electrons. The zero-order chi connectivity index (χ0) is 15.6. The van der Waals surface area contributed by atoms with Crippen molar-refractivity contribution < 1.29 is 14.0 Å². The third-order valence-electron chi connectivity index (χ3n) is 3.36. The first kappa shape index (κ1) is 15.9. The van der Waals surface area contributed by atoms with E-state index in [2.05, 4.69) is 5.32 Å². The molecule has 1 saturated heterocycles. The van der Waals surface area contributed by atoms with Crippen molar-refractivity contribution in [2.24, 2.45) is 11.7 Å². The molecule has 1 aromatic rings. The van der Waals surface area contributed by atoms with Crippen LogP contribution in [0.4, 0.5) is 14.9 Å². The van der Waals surface area contributed by atoms with Gasteiger partial charge >= 0.3 is 6.03 Å². The van der Waals surface area contributed by atoms with Crippen LogP contribution in [-0.4, -0.2) is 29.9 Å². The summed E-state index contributed by atoms with van der Waals surface area (Å²) in [5.74, 6) is -1.49. The Hall–Kier alpha value is -1.53. The number of amides is 3. The number of hydrogen-bond donors (Lipinski definition) is 2. The highest BCUT2D eigenvalue weighted by Crippen LogP contribution is 2.28. The van der Waals surface area contributed by atoms with Crippen LogP contribution in [0.25, 0.3) is 0 Å². The molecule has 0 spiro atoms. The van der Waals surface area contributed by atoms with Gasteiger partial charge in [-0.25, -0.2) is 9.18 Å². The fourth-order valence-corrected chi connectivity index (χ4v) is 2.52. The minimum absolute atomic E-state index is 0.0596. The normalized spacial score (nSPS) is 18.4.